The maximum atomic E-state index is 14.7. The first-order valence-electron chi connectivity index (χ1n) is 13.5. The number of aromatic amines is 2. The molecule has 0 spiro atoms. The Morgan fingerprint density at radius 1 is 0.950 bits per heavy atom. The van der Waals surface area contributed by atoms with E-state index in [9.17, 15) is 4.39 Å². The standard InChI is InChI=1S/C30H29FN8O/c1-18-33-17-28(38(18)2)25-14-23-27(16-34-25)36-37-30(23)26-15-22-24(35-26)5-6-32-29(22)19-11-20(31)13-21(12-19)40-10-9-39-7-3-4-8-39/h5-6,11-17,35H,3-4,7-10H2,1-2H3,(H,36,37). The van der Waals surface area contributed by atoms with E-state index in [1.165, 1.54) is 25.0 Å². The van der Waals surface area contributed by atoms with Crippen LogP contribution in [0.5, 0.6) is 5.75 Å². The molecule has 5 aromatic heterocycles. The maximum absolute atomic E-state index is 14.7. The number of halogens is 1. The Balaban J connectivity index is 1.23. The monoisotopic (exact) mass is 536 g/mol. The van der Waals surface area contributed by atoms with Crippen LogP contribution in [-0.4, -0.2) is 65.8 Å². The molecular formula is C30H29FN8O. The molecule has 40 heavy (non-hydrogen) atoms. The average Bonchev–Trinajstić information content (AvgIpc) is 3.75. The Bertz CT molecular complexity index is 1850. The number of nitrogens with zero attached hydrogens (tertiary/aromatic N) is 6. The summed E-state index contributed by atoms with van der Waals surface area (Å²) in [6.07, 6.45) is 7.81. The van der Waals surface area contributed by atoms with Crippen LogP contribution >= 0.6 is 0 Å². The third-order valence-corrected chi connectivity index (χ3v) is 7.75. The molecule has 2 N–H and O–H groups in total. The minimum Gasteiger partial charge on any atom is -0.492 e. The molecular weight excluding hydrogens is 507 g/mol. The van der Waals surface area contributed by atoms with Gasteiger partial charge in [0.15, 0.2) is 0 Å². The zero-order chi connectivity index (χ0) is 27.2. The molecule has 10 heteroatoms. The first kappa shape index (κ1) is 24.5. The van der Waals surface area contributed by atoms with Gasteiger partial charge in [-0.2, -0.15) is 5.10 Å². The molecule has 0 aliphatic carbocycles. The highest BCUT2D eigenvalue weighted by molar-refractivity contribution is 6.00. The van der Waals surface area contributed by atoms with Crippen LogP contribution in [0.15, 0.2) is 55.0 Å². The van der Waals surface area contributed by atoms with Crippen molar-refractivity contribution < 1.29 is 9.13 Å². The van der Waals surface area contributed by atoms with E-state index >= 15 is 0 Å². The van der Waals surface area contributed by atoms with E-state index in [0.717, 1.165) is 70.0 Å². The predicted octanol–water partition coefficient (Wildman–Crippen LogP) is 5.49. The second-order valence-electron chi connectivity index (χ2n) is 10.3. The Morgan fingerprint density at radius 3 is 2.62 bits per heavy atom. The van der Waals surface area contributed by atoms with Crippen LogP contribution in [0.2, 0.25) is 0 Å². The minimum absolute atomic E-state index is 0.355. The van der Waals surface area contributed by atoms with Gasteiger partial charge in [0.2, 0.25) is 0 Å². The maximum Gasteiger partial charge on any atom is 0.127 e. The lowest BCUT2D eigenvalue weighted by molar-refractivity contribution is 0.237. The summed E-state index contributed by atoms with van der Waals surface area (Å²) in [5.41, 5.74) is 6.39. The topological polar surface area (TPSA) is 101 Å². The third kappa shape index (κ3) is 4.40. The fourth-order valence-corrected chi connectivity index (χ4v) is 5.50. The average molecular weight is 537 g/mol. The quantitative estimate of drug-likeness (QED) is 0.280. The molecule has 0 radical (unpaired) electrons. The summed E-state index contributed by atoms with van der Waals surface area (Å²) >= 11 is 0. The summed E-state index contributed by atoms with van der Waals surface area (Å²) in [5, 5.41) is 9.50. The molecule has 0 bridgehead atoms. The molecule has 1 aliphatic heterocycles. The third-order valence-electron chi connectivity index (χ3n) is 7.75. The number of hydrogen-bond donors (Lipinski definition) is 2. The number of hydrogen-bond acceptors (Lipinski definition) is 6. The van der Waals surface area contributed by atoms with E-state index in [0.29, 0.717) is 23.6 Å². The van der Waals surface area contributed by atoms with Crippen LogP contribution < -0.4 is 4.74 Å². The van der Waals surface area contributed by atoms with Crippen molar-refractivity contribution in [1.82, 2.24) is 39.6 Å². The molecule has 202 valence electrons. The second-order valence-corrected chi connectivity index (χ2v) is 10.3. The molecule has 0 saturated carbocycles. The number of imidazole rings is 1. The van der Waals surface area contributed by atoms with E-state index in [1.54, 1.807) is 12.4 Å². The zero-order valence-corrected chi connectivity index (χ0v) is 22.4. The van der Waals surface area contributed by atoms with Gasteiger partial charge in [-0.25, -0.2) is 9.37 Å². The van der Waals surface area contributed by atoms with Crippen molar-refractivity contribution in [2.75, 3.05) is 26.2 Å². The number of ether oxygens (including phenoxy) is 1. The zero-order valence-electron chi connectivity index (χ0n) is 22.4. The molecule has 7 rings (SSSR count). The van der Waals surface area contributed by atoms with Gasteiger partial charge in [0.1, 0.15) is 29.7 Å². The van der Waals surface area contributed by atoms with Gasteiger partial charge in [0, 0.05) is 47.7 Å². The molecule has 0 atom stereocenters. The molecule has 1 aromatic carbocycles. The Hall–Kier alpha value is -4.57. The molecule has 6 heterocycles. The Labute approximate surface area is 230 Å². The van der Waals surface area contributed by atoms with Crippen LogP contribution in [-0.2, 0) is 7.05 Å². The van der Waals surface area contributed by atoms with E-state index in [1.807, 2.05) is 49.0 Å². The molecule has 9 nitrogen and oxygen atoms in total. The summed E-state index contributed by atoms with van der Waals surface area (Å²) in [5.74, 6) is 1.07. The van der Waals surface area contributed by atoms with Gasteiger partial charge >= 0.3 is 0 Å². The van der Waals surface area contributed by atoms with Crippen molar-refractivity contribution in [2.24, 2.45) is 7.05 Å². The SMILES string of the molecule is Cc1ncc(-c2cc3c(-c4cc5c(-c6cc(F)cc(OCCN7CCCC7)c6)nccc5[nH]4)n[nH]c3cn2)n1C. The number of rotatable bonds is 7. The number of benzene rings is 1. The normalized spacial score (nSPS) is 14.1. The lowest BCUT2D eigenvalue weighted by Crippen LogP contribution is -2.25. The highest BCUT2D eigenvalue weighted by Crippen LogP contribution is 2.35. The van der Waals surface area contributed by atoms with Gasteiger partial charge in [-0.15, -0.1) is 0 Å². The Kier molecular flexibility index (Phi) is 6.04. The number of aryl methyl sites for hydroxylation is 1. The molecule has 1 fully saturated rings. The number of H-pyrrole nitrogens is 2. The van der Waals surface area contributed by atoms with Gasteiger partial charge in [-0.05, 0) is 63.2 Å². The fourth-order valence-electron chi connectivity index (χ4n) is 5.50. The first-order valence-corrected chi connectivity index (χ1v) is 13.5. The van der Waals surface area contributed by atoms with E-state index < -0.39 is 0 Å². The van der Waals surface area contributed by atoms with Gasteiger partial charge in [0.05, 0.1) is 40.7 Å². The predicted molar refractivity (Wildman–Crippen MR) is 152 cm³/mol. The number of aromatic nitrogens is 7. The minimum atomic E-state index is -0.355. The van der Waals surface area contributed by atoms with Crippen molar-refractivity contribution in [2.45, 2.75) is 19.8 Å². The largest absolute Gasteiger partial charge is 0.492 e. The highest BCUT2D eigenvalue weighted by atomic mass is 19.1. The summed E-state index contributed by atoms with van der Waals surface area (Å²) < 4.78 is 22.7. The number of pyridine rings is 2. The van der Waals surface area contributed by atoms with Crippen LogP contribution in [0.25, 0.3) is 55.8 Å². The molecule has 6 aromatic rings. The highest BCUT2D eigenvalue weighted by Gasteiger charge is 2.17. The molecule has 1 aliphatic rings. The smallest absolute Gasteiger partial charge is 0.127 e. The summed E-state index contributed by atoms with van der Waals surface area (Å²) in [6, 6.07) is 10.7. The second kappa shape index (κ2) is 9.87. The number of nitrogens with one attached hydrogen (secondary N) is 2. The van der Waals surface area contributed by atoms with Gasteiger partial charge in [-0.3, -0.25) is 20.0 Å². The van der Waals surface area contributed by atoms with Gasteiger partial charge in [-0.1, -0.05) is 0 Å². The molecule has 0 amide bonds. The fraction of sp³-hybridized carbons (Fsp3) is 0.267. The number of likely N-dealkylation sites (tertiary alicyclic amines) is 1. The van der Waals surface area contributed by atoms with Crippen molar-refractivity contribution >= 4 is 21.8 Å². The van der Waals surface area contributed by atoms with Crippen LogP contribution in [0.4, 0.5) is 4.39 Å². The van der Waals surface area contributed by atoms with E-state index in [2.05, 4.69) is 35.0 Å². The summed E-state index contributed by atoms with van der Waals surface area (Å²) in [4.78, 5) is 19.5. The van der Waals surface area contributed by atoms with E-state index in [4.69, 9.17) is 4.74 Å². The van der Waals surface area contributed by atoms with E-state index in [-0.39, 0.29) is 5.82 Å². The molecule has 0 unspecified atom stereocenters. The number of fused-ring (bicyclic) bond motifs is 2. The lowest BCUT2D eigenvalue weighted by Gasteiger charge is -2.15. The van der Waals surface area contributed by atoms with Crippen LogP contribution in [0, 0.1) is 12.7 Å². The van der Waals surface area contributed by atoms with Gasteiger partial charge < -0.3 is 14.3 Å². The summed E-state index contributed by atoms with van der Waals surface area (Å²) in [7, 11) is 1.97. The van der Waals surface area contributed by atoms with Gasteiger partial charge in [0.25, 0.3) is 0 Å². The van der Waals surface area contributed by atoms with Crippen LogP contribution in [0.1, 0.15) is 18.7 Å². The molecule has 1 saturated heterocycles. The van der Waals surface area contributed by atoms with Crippen molar-refractivity contribution in [3.05, 3.63) is 66.6 Å². The van der Waals surface area contributed by atoms with Crippen molar-refractivity contribution in [3.63, 3.8) is 0 Å². The van der Waals surface area contributed by atoms with Crippen molar-refractivity contribution in [1.29, 1.82) is 0 Å². The first-order chi connectivity index (χ1) is 19.5. The lowest BCUT2D eigenvalue weighted by atomic mass is 10.1. The Morgan fingerprint density at radius 2 is 1.80 bits per heavy atom. The van der Waals surface area contributed by atoms with Crippen LogP contribution in [0.3, 0.4) is 0 Å². The van der Waals surface area contributed by atoms with Crippen molar-refractivity contribution in [3.8, 4) is 39.8 Å². The summed E-state index contributed by atoms with van der Waals surface area (Å²) in [6.45, 7) is 5.53.